The molecule has 9 N–H and O–H groups in total. The second-order valence-corrected chi connectivity index (χ2v) is 17.0. The van der Waals surface area contributed by atoms with Crippen LogP contribution in [0.1, 0.15) is 161 Å². The molecule has 19 nitrogen and oxygen atoms in total. The predicted octanol–water partition coefficient (Wildman–Crippen LogP) is 4.16. The highest BCUT2D eigenvalue weighted by molar-refractivity contribution is 5.86. The zero-order valence-corrected chi connectivity index (χ0v) is 39.9. The Morgan fingerprint density at radius 3 is 1.36 bits per heavy atom. The number of primary amides is 1. The van der Waals surface area contributed by atoms with Crippen LogP contribution in [0.4, 0.5) is 0 Å². The molecule has 0 radical (unpaired) electrons. The van der Waals surface area contributed by atoms with Crippen LogP contribution in [0.5, 0.6) is 0 Å². The Morgan fingerprint density at radius 1 is 0.507 bits per heavy atom. The third-order valence-electron chi connectivity index (χ3n) is 11.0. The van der Waals surface area contributed by atoms with E-state index in [1.165, 1.54) is 62.7 Å². The number of carbonyl (C=O) groups excluding carboxylic acids is 3. The number of nitrogens with zero attached hydrogens (tertiary/aromatic N) is 3. The number of carboxylic acids is 5. The molecular formula is C48H80N6O13. The van der Waals surface area contributed by atoms with Gasteiger partial charge >= 0.3 is 29.8 Å². The van der Waals surface area contributed by atoms with E-state index in [0.717, 1.165) is 61.2 Å². The van der Waals surface area contributed by atoms with Crippen molar-refractivity contribution < 1.29 is 63.9 Å². The minimum atomic E-state index is -1.36. The highest BCUT2D eigenvalue weighted by atomic mass is 16.4. The number of rotatable bonds is 44. The first-order valence-electron chi connectivity index (χ1n) is 24.1. The van der Waals surface area contributed by atoms with Crippen molar-refractivity contribution >= 4 is 47.6 Å². The van der Waals surface area contributed by atoms with Crippen molar-refractivity contribution in [2.45, 2.75) is 173 Å². The summed E-state index contributed by atoms with van der Waals surface area (Å²) in [7, 11) is 0. The number of aliphatic carboxylic acids is 5. The van der Waals surface area contributed by atoms with Crippen molar-refractivity contribution in [1.29, 1.82) is 0 Å². The van der Waals surface area contributed by atoms with Crippen LogP contribution in [0.25, 0.3) is 0 Å². The lowest BCUT2D eigenvalue weighted by Crippen LogP contribution is -2.50. The lowest BCUT2D eigenvalue weighted by Gasteiger charge is -2.32. The summed E-state index contributed by atoms with van der Waals surface area (Å²) in [6.45, 7) is -1.05. The molecule has 0 aliphatic rings. The molecule has 0 saturated carbocycles. The normalized spacial score (nSPS) is 11.8. The Labute approximate surface area is 397 Å². The van der Waals surface area contributed by atoms with Crippen LogP contribution in [-0.4, -0.2) is 159 Å². The number of carbonyl (C=O) groups is 8. The maximum absolute atomic E-state index is 12.7. The second kappa shape index (κ2) is 41.0. The van der Waals surface area contributed by atoms with Gasteiger partial charge in [-0.05, 0) is 56.8 Å². The highest BCUT2D eigenvalue weighted by Gasteiger charge is 2.28. The summed E-state index contributed by atoms with van der Waals surface area (Å²) < 4.78 is 0. The van der Waals surface area contributed by atoms with Crippen LogP contribution in [0.3, 0.4) is 0 Å². The Hall–Kier alpha value is -5.24. The van der Waals surface area contributed by atoms with Gasteiger partial charge in [0.25, 0.3) is 0 Å². The fraction of sp³-hybridized carbons (Fsp3) is 0.750. The average molecular weight is 949 g/mol. The highest BCUT2D eigenvalue weighted by Crippen LogP contribution is 2.13. The molecule has 380 valence electrons. The van der Waals surface area contributed by atoms with Crippen molar-refractivity contribution in [3.8, 4) is 23.7 Å². The van der Waals surface area contributed by atoms with Crippen molar-refractivity contribution in [2.24, 2.45) is 5.73 Å². The minimum Gasteiger partial charge on any atom is -0.480 e. The van der Waals surface area contributed by atoms with Gasteiger partial charge in [0.2, 0.25) is 17.7 Å². The van der Waals surface area contributed by atoms with Crippen molar-refractivity contribution in [2.75, 3.05) is 58.9 Å². The molecule has 0 aliphatic carbocycles. The number of hydrogen-bond donors (Lipinski definition) is 8. The maximum atomic E-state index is 12.7. The smallest absolute Gasteiger partial charge is 0.320 e. The molecule has 3 amide bonds. The Kier molecular flexibility index (Phi) is 37.8. The molecule has 0 spiro atoms. The van der Waals surface area contributed by atoms with Gasteiger partial charge in [-0.2, -0.15) is 0 Å². The lowest BCUT2D eigenvalue weighted by molar-refractivity contribution is -0.146. The topological polar surface area (TPSA) is 298 Å². The quantitative estimate of drug-likeness (QED) is 0.0314. The van der Waals surface area contributed by atoms with Crippen molar-refractivity contribution in [1.82, 2.24) is 25.3 Å². The van der Waals surface area contributed by atoms with Crippen LogP contribution < -0.4 is 16.4 Å². The van der Waals surface area contributed by atoms with Crippen LogP contribution >= 0.6 is 0 Å². The van der Waals surface area contributed by atoms with Crippen molar-refractivity contribution in [3.63, 3.8) is 0 Å². The van der Waals surface area contributed by atoms with Crippen LogP contribution in [-0.2, 0) is 38.4 Å². The summed E-state index contributed by atoms with van der Waals surface area (Å²) in [5.74, 6) is 4.16. The van der Waals surface area contributed by atoms with E-state index in [2.05, 4.69) is 41.2 Å². The Balaban J connectivity index is 4.62. The lowest BCUT2D eigenvalue weighted by atomic mass is 10.1. The standard InChI is InChI=1S/C48H80N6O13/c1-2-3-4-5-6-7-8-9-10-11-12-13-14-15-16-17-18-19-20-21-22-23-27-42(56)51-39(47(49)65)26-24-25-30-50-41(55)29-28-40(48(66)67)54(33-31-52(35-43(57)58)36-44(59)60)34-32-53(37-45(61)62)38-46(63)64/h39-40H,2-12,17-38H2,1H3,(H2,49,65)(H,50,55)(H,51,56)(H,57,58)(H,59,60)(H,61,62)(H,63,64)(H,66,67)/t39?,40-/m0/s1. The van der Waals surface area contributed by atoms with E-state index < -0.39 is 79.9 Å². The predicted molar refractivity (Wildman–Crippen MR) is 253 cm³/mol. The van der Waals surface area contributed by atoms with Crippen LogP contribution in [0, 0.1) is 23.7 Å². The molecule has 2 atom stereocenters. The molecule has 0 saturated heterocycles. The van der Waals surface area contributed by atoms with Gasteiger partial charge in [-0.1, -0.05) is 102 Å². The molecule has 0 aliphatic heterocycles. The molecular weight excluding hydrogens is 869 g/mol. The summed E-state index contributed by atoms with van der Waals surface area (Å²) >= 11 is 0. The third-order valence-corrected chi connectivity index (χ3v) is 11.0. The zero-order valence-electron chi connectivity index (χ0n) is 39.9. The maximum Gasteiger partial charge on any atom is 0.320 e. The average Bonchev–Trinajstić information content (AvgIpc) is 3.24. The number of amides is 3. The second-order valence-electron chi connectivity index (χ2n) is 17.0. The summed E-state index contributed by atoms with van der Waals surface area (Å²) in [4.78, 5) is 98.4. The molecule has 0 aromatic heterocycles. The zero-order chi connectivity index (χ0) is 50.1. The number of unbranched alkanes of at least 4 members (excludes halogenated alkanes) is 17. The fourth-order valence-corrected chi connectivity index (χ4v) is 7.35. The van der Waals surface area contributed by atoms with Gasteiger partial charge in [0.05, 0.1) is 26.2 Å². The first-order chi connectivity index (χ1) is 32.0. The molecule has 0 aromatic carbocycles. The monoisotopic (exact) mass is 949 g/mol. The molecule has 0 heterocycles. The van der Waals surface area contributed by atoms with Gasteiger partial charge in [-0.3, -0.25) is 53.1 Å². The largest absolute Gasteiger partial charge is 0.480 e. The van der Waals surface area contributed by atoms with E-state index in [1.807, 2.05) is 0 Å². The number of nitrogens with one attached hydrogen (secondary N) is 2. The van der Waals surface area contributed by atoms with Gasteiger partial charge < -0.3 is 41.9 Å². The molecule has 0 rings (SSSR count). The van der Waals surface area contributed by atoms with E-state index in [1.54, 1.807) is 0 Å². The summed E-state index contributed by atoms with van der Waals surface area (Å²) in [5, 5.41) is 52.3. The van der Waals surface area contributed by atoms with Crippen molar-refractivity contribution in [3.05, 3.63) is 0 Å². The molecule has 0 fully saturated rings. The summed E-state index contributed by atoms with van der Waals surface area (Å²) in [6.07, 6.45) is 21.4. The van der Waals surface area contributed by atoms with E-state index in [4.69, 9.17) is 5.73 Å². The molecule has 67 heavy (non-hydrogen) atoms. The van der Waals surface area contributed by atoms with Crippen LogP contribution in [0.2, 0.25) is 0 Å². The number of carboxylic acid groups (broad SMARTS) is 5. The van der Waals surface area contributed by atoms with E-state index >= 15 is 0 Å². The minimum absolute atomic E-state index is 0.179. The SMILES string of the molecule is CCCCCCCCCCCCC#CC#CCCCCCCCCC(=O)NC(CCCCNC(=O)CC[C@@H](C(=O)O)N(CCN(CC(=O)O)CC(=O)O)CCN(CC(=O)O)CC(=O)O)C(N)=O. The van der Waals surface area contributed by atoms with E-state index in [-0.39, 0.29) is 64.3 Å². The van der Waals surface area contributed by atoms with Gasteiger partial charge in [0.1, 0.15) is 12.1 Å². The van der Waals surface area contributed by atoms with E-state index in [0.29, 0.717) is 19.3 Å². The Morgan fingerprint density at radius 2 is 0.940 bits per heavy atom. The molecule has 0 bridgehead atoms. The Bertz CT molecular complexity index is 1530. The van der Waals surface area contributed by atoms with Gasteiger partial charge in [0.15, 0.2) is 0 Å². The number of nitrogens with two attached hydrogens (primary N) is 1. The molecule has 19 heteroatoms. The fourth-order valence-electron chi connectivity index (χ4n) is 7.35. The summed E-state index contributed by atoms with van der Waals surface area (Å²) in [5.41, 5.74) is 5.54. The van der Waals surface area contributed by atoms with Gasteiger partial charge in [0, 0.05) is 58.4 Å². The van der Waals surface area contributed by atoms with Crippen LogP contribution in [0.15, 0.2) is 0 Å². The first-order valence-corrected chi connectivity index (χ1v) is 24.1. The van der Waals surface area contributed by atoms with Gasteiger partial charge in [-0.25, -0.2) is 0 Å². The molecule has 0 aromatic rings. The number of hydrogen-bond acceptors (Lipinski definition) is 11. The van der Waals surface area contributed by atoms with Gasteiger partial charge in [-0.15, -0.1) is 0 Å². The third kappa shape index (κ3) is 38.6. The summed E-state index contributed by atoms with van der Waals surface area (Å²) in [6, 6.07) is -2.23. The first kappa shape index (κ1) is 61.8. The molecule has 1 unspecified atom stereocenters. The van der Waals surface area contributed by atoms with E-state index in [9.17, 15) is 63.9 Å².